The molecule has 1 aromatic carbocycles. The van der Waals surface area contributed by atoms with Gasteiger partial charge in [-0.2, -0.15) is 0 Å². The number of nitrogens with zero attached hydrogens (tertiary/aromatic N) is 3. The van der Waals surface area contributed by atoms with E-state index in [4.69, 9.17) is 5.73 Å². The zero-order valence-corrected chi connectivity index (χ0v) is 12.8. The molecule has 0 aliphatic rings. The van der Waals surface area contributed by atoms with Gasteiger partial charge in [-0.15, -0.1) is 0 Å². The molecule has 116 valence electrons. The third-order valence-corrected chi connectivity index (χ3v) is 3.48. The van der Waals surface area contributed by atoms with Crippen molar-refractivity contribution < 1.29 is 0 Å². The Morgan fingerprint density at radius 1 is 0.957 bits per heavy atom. The molecule has 0 fully saturated rings. The topological polar surface area (TPSA) is 88.8 Å². The fourth-order valence-electron chi connectivity index (χ4n) is 2.24. The summed E-state index contributed by atoms with van der Waals surface area (Å²) in [6.07, 6.45) is 5.82. The van der Waals surface area contributed by atoms with Gasteiger partial charge in [0, 0.05) is 23.8 Å². The minimum Gasteiger partial charge on any atom is -0.393 e. The SMILES string of the molecule is CCc1ccccc1Nc1ncnc(Nc2ccncc2)c1N. The minimum absolute atomic E-state index is 0.468. The van der Waals surface area contributed by atoms with Gasteiger partial charge in [0.25, 0.3) is 0 Å². The summed E-state index contributed by atoms with van der Waals surface area (Å²) in [5.41, 5.74) is 9.74. The van der Waals surface area contributed by atoms with Crippen LogP contribution in [-0.2, 0) is 6.42 Å². The van der Waals surface area contributed by atoms with Crippen LogP contribution in [0.3, 0.4) is 0 Å². The summed E-state index contributed by atoms with van der Waals surface area (Å²) < 4.78 is 0. The summed E-state index contributed by atoms with van der Waals surface area (Å²) in [6, 6.07) is 11.8. The normalized spacial score (nSPS) is 10.3. The lowest BCUT2D eigenvalue weighted by Gasteiger charge is -2.14. The molecule has 0 radical (unpaired) electrons. The number of anilines is 5. The van der Waals surface area contributed by atoms with E-state index in [-0.39, 0.29) is 0 Å². The van der Waals surface area contributed by atoms with Crippen LogP contribution in [0.1, 0.15) is 12.5 Å². The van der Waals surface area contributed by atoms with Gasteiger partial charge in [0.1, 0.15) is 12.0 Å². The van der Waals surface area contributed by atoms with Crippen molar-refractivity contribution in [3.05, 3.63) is 60.7 Å². The van der Waals surface area contributed by atoms with E-state index in [1.807, 2.05) is 30.3 Å². The van der Waals surface area contributed by atoms with Crippen molar-refractivity contribution in [2.75, 3.05) is 16.4 Å². The number of hydrogen-bond donors (Lipinski definition) is 3. The van der Waals surface area contributed by atoms with Crippen molar-refractivity contribution >= 4 is 28.7 Å². The zero-order valence-electron chi connectivity index (χ0n) is 12.8. The smallest absolute Gasteiger partial charge is 0.159 e. The first kappa shape index (κ1) is 14.8. The zero-order chi connectivity index (χ0) is 16.1. The molecule has 23 heavy (non-hydrogen) atoms. The predicted molar refractivity (Wildman–Crippen MR) is 93.1 cm³/mol. The number of nitrogens with two attached hydrogens (primary N) is 1. The van der Waals surface area contributed by atoms with Crippen molar-refractivity contribution in [3.63, 3.8) is 0 Å². The van der Waals surface area contributed by atoms with Crippen LogP contribution in [-0.4, -0.2) is 15.0 Å². The molecule has 0 unspecified atom stereocenters. The molecule has 0 atom stereocenters. The van der Waals surface area contributed by atoms with E-state index < -0.39 is 0 Å². The van der Waals surface area contributed by atoms with Crippen LogP contribution in [0.2, 0.25) is 0 Å². The average Bonchev–Trinajstić information content (AvgIpc) is 2.60. The van der Waals surface area contributed by atoms with Gasteiger partial charge in [-0.1, -0.05) is 25.1 Å². The monoisotopic (exact) mass is 306 g/mol. The number of nitrogen functional groups attached to an aromatic ring is 1. The van der Waals surface area contributed by atoms with Crippen LogP contribution < -0.4 is 16.4 Å². The highest BCUT2D eigenvalue weighted by Gasteiger charge is 2.10. The number of aryl methyl sites for hydroxylation is 1. The molecule has 6 heteroatoms. The molecule has 0 saturated carbocycles. The number of aromatic nitrogens is 3. The molecule has 0 saturated heterocycles. The van der Waals surface area contributed by atoms with E-state index >= 15 is 0 Å². The lowest BCUT2D eigenvalue weighted by atomic mass is 10.1. The van der Waals surface area contributed by atoms with Crippen LogP contribution in [0.5, 0.6) is 0 Å². The van der Waals surface area contributed by atoms with E-state index in [0.717, 1.165) is 17.8 Å². The number of nitrogens with one attached hydrogen (secondary N) is 2. The lowest BCUT2D eigenvalue weighted by molar-refractivity contribution is 1.13. The molecular weight excluding hydrogens is 288 g/mol. The number of rotatable bonds is 5. The van der Waals surface area contributed by atoms with E-state index in [9.17, 15) is 0 Å². The highest BCUT2D eigenvalue weighted by Crippen LogP contribution is 2.29. The summed E-state index contributed by atoms with van der Waals surface area (Å²) in [6.45, 7) is 2.11. The van der Waals surface area contributed by atoms with Crippen molar-refractivity contribution in [1.82, 2.24) is 15.0 Å². The van der Waals surface area contributed by atoms with Gasteiger partial charge in [-0.05, 0) is 30.2 Å². The molecule has 2 heterocycles. The second-order valence-electron chi connectivity index (χ2n) is 4.98. The third-order valence-electron chi connectivity index (χ3n) is 3.48. The predicted octanol–water partition coefficient (Wildman–Crippen LogP) is 3.50. The van der Waals surface area contributed by atoms with Gasteiger partial charge in [-0.3, -0.25) is 4.98 Å². The summed E-state index contributed by atoms with van der Waals surface area (Å²) in [5, 5.41) is 6.46. The summed E-state index contributed by atoms with van der Waals surface area (Å²) in [7, 11) is 0. The Labute approximate surface area is 134 Å². The number of benzene rings is 1. The fourth-order valence-corrected chi connectivity index (χ4v) is 2.24. The van der Waals surface area contributed by atoms with Gasteiger partial charge < -0.3 is 16.4 Å². The Kier molecular flexibility index (Phi) is 4.33. The quantitative estimate of drug-likeness (QED) is 0.668. The number of para-hydroxylation sites is 1. The molecule has 3 rings (SSSR count). The highest BCUT2D eigenvalue weighted by atomic mass is 15.1. The molecule has 0 bridgehead atoms. The van der Waals surface area contributed by atoms with E-state index in [0.29, 0.717) is 17.3 Å². The molecule has 2 aromatic heterocycles. The molecule has 0 amide bonds. The van der Waals surface area contributed by atoms with Crippen LogP contribution in [0, 0.1) is 0 Å². The average molecular weight is 306 g/mol. The first-order chi connectivity index (χ1) is 11.3. The molecule has 0 spiro atoms. The second kappa shape index (κ2) is 6.74. The van der Waals surface area contributed by atoms with Gasteiger partial charge >= 0.3 is 0 Å². The van der Waals surface area contributed by atoms with Gasteiger partial charge in [-0.25, -0.2) is 9.97 Å². The first-order valence-electron chi connectivity index (χ1n) is 7.40. The van der Waals surface area contributed by atoms with Crippen LogP contribution >= 0.6 is 0 Å². The van der Waals surface area contributed by atoms with E-state index in [1.54, 1.807) is 12.4 Å². The number of hydrogen-bond acceptors (Lipinski definition) is 6. The maximum atomic E-state index is 6.20. The maximum absolute atomic E-state index is 6.20. The first-order valence-corrected chi connectivity index (χ1v) is 7.40. The van der Waals surface area contributed by atoms with Crippen LogP contribution in [0.15, 0.2) is 55.1 Å². The molecule has 0 aliphatic carbocycles. The number of pyridine rings is 1. The van der Waals surface area contributed by atoms with E-state index in [2.05, 4.69) is 38.6 Å². The third kappa shape index (κ3) is 3.37. The minimum atomic E-state index is 0.468. The molecule has 0 aliphatic heterocycles. The van der Waals surface area contributed by atoms with Crippen molar-refractivity contribution in [1.29, 1.82) is 0 Å². The summed E-state index contributed by atoms with van der Waals surface area (Å²) in [5.74, 6) is 1.14. The van der Waals surface area contributed by atoms with Gasteiger partial charge in [0.15, 0.2) is 11.6 Å². The lowest BCUT2D eigenvalue weighted by Crippen LogP contribution is -2.06. The van der Waals surface area contributed by atoms with Gasteiger partial charge in [0.05, 0.1) is 0 Å². The Morgan fingerprint density at radius 3 is 2.39 bits per heavy atom. The van der Waals surface area contributed by atoms with Crippen LogP contribution in [0.4, 0.5) is 28.7 Å². The molecule has 3 aromatic rings. The molecular formula is C17H18N6. The van der Waals surface area contributed by atoms with Gasteiger partial charge in [0.2, 0.25) is 0 Å². The molecule has 6 nitrogen and oxygen atoms in total. The van der Waals surface area contributed by atoms with Crippen molar-refractivity contribution in [2.24, 2.45) is 0 Å². The van der Waals surface area contributed by atoms with Crippen LogP contribution in [0.25, 0.3) is 0 Å². The standard InChI is InChI=1S/C17H18N6/c1-2-12-5-3-4-6-14(12)23-17-15(18)16(20-11-21-17)22-13-7-9-19-10-8-13/h3-11H,2,18H2,1H3,(H2,19,20,21,22,23). The van der Waals surface area contributed by atoms with Crippen molar-refractivity contribution in [2.45, 2.75) is 13.3 Å². The Balaban J connectivity index is 1.88. The second-order valence-corrected chi connectivity index (χ2v) is 4.98. The fraction of sp³-hybridized carbons (Fsp3) is 0.118. The molecule has 4 N–H and O–H groups in total. The Hall–Kier alpha value is -3.15. The van der Waals surface area contributed by atoms with E-state index in [1.165, 1.54) is 11.9 Å². The summed E-state index contributed by atoms with van der Waals surface area (Å²) in [4.78, 5) is 12.4. The highest BCUT2D eigenvalue weighted by molar-refractivity contribution is 5.80. The maximum Gasteiger partial charge on any atom is 0.159 e. The largest absolute Gasteiger partial charge is 0.393 e. The Bertz CT molecular complexity index is 788. The summed E-state index contributed by atoms with van der Waals surface area (Å²) >= 11 is 0. The van der Waals surface area contributed by atoms with Crippen molar-refractivity contribution in [3.8, 4) is 0 Å². The Morgan fingerprint density at radius 2 is 1.65 bits per heavy atom.